The number of nitro groups is 1. The van der Waals surface area contributed by atoms with Gasteiger partial charge >= 0.3 is 0 Å². The second-order valence-corrected chi connectivity index (χ2v) is 4.29. The molecule has 5 nitrogen and oxygen atoms in total. The van der Waals surface area contributed by atoms with Crippen molar-refractivity contribution in [2.75, 3.05) is 0 Å². The van der Waals surface area contributed by atoms with Crippen molar-refractivity contribution in [3.63, 3.8) is 0 Å². The summed E-state index contributed by atoms with van der Waals surface area (Å²) < 4.78 is 1.82. The lowest BCUT2D eigenvalue weighted by Gasteiger charge is -2.07. The Morgan fingerprint density at radius 2 is 1.90 bits per heavy atom. The molecule has 0 aliphatic rings. The first-order valence-corrected chi connectivity index (χ1v) is 6.08. The SMILES string of the molecule is O=[N+]([O-])c1ccc(-n2ccnc2)cc1-c1ccccc1. The van der Waals surface area contributed by atoms with E-state index in [1.807, 2.05) is 34.9 Å². The highest BCUT2D eigenvalue weighted by Gasteiger charge is 2.16. The van der Waals surface area contributed by atoms with Crippen LogP contribution in [0.2, 0.25) is 0 Å². The standard InChI is InChI=1S/C15H11N3O2/c19-18(20)15-7-6-13(17-9-8-16-11-17)10-14(15)12-4-2-1-3-5-12/h1-11H. The average molecular weight is 265 g/mol. The van der Waals surface area contributed by atoms with Crippen molar-refractivity contribution < 1.29 is 4.92 Å². The Labute approximate surface area is 115 Å². The van der Waals surface area contributed by atoms with E-state index < -0.39 is 0 Å². The van der Waals surface area contributed by atoms with Crippen LogP contribution in [0, 0.1) is 10.1 Å². The van der Waals surface area contributed by atoms with Crippen LogP contribution in [0.3, 0.4) is 0 Å². The summed E-state index contributed by atoms with van der Waals surface area (Å²) >= 11 is 0. The molecule has 2 aromatic carbocycles. The van der Waals surface area contributed by atoms with Crippen molar-refractivity contribution in [2.45, 2.75) is 0 Å². The van der Waals surface area contributed by atoms with Crippen LogP contribution in [0.25, 0.3) is 16.8 Å². The highest BCUT2D eigenvalue weighted by molar-refractivity contribution is 5.75. The zero-order valence-corrected chi connectivity index (χ0v) is 10.5. The van der Waals surface area contributed by atoms with Crippen molar-refractivity contribution in [2.24, 2.45) is 0 Å². The monoisotopic (exact) mass is 265 g/mol. The van der Waals surface area contributed by atoms with E-state index in [9.17, 15) is 10.1 Å². The molecular formula is C15H11N3O2. The van der Waals surface area contributed by atoms with Gasteiger partial charge in [-0.2, -0.15) is 0 Å². The van der Waals surface area contributed by atoms with Crippen LogP contribution in [-0.2, 0) is 0 Å². The van der Waals surface area contributed by atoms with Gasteiger partial charge in [-0.25, -0.2) is 4.98 Å². The van der Waals surface area contributed by atoms with Gasteiger partial charge in [0, 0.05) is 24.1 Å². The highest BCUT2D eigenvalue weighted by Crippen LogP contribution is 2.31. The summed E-state index contributed by atoms with van der Waals surface area (Å²) in [6.45, 7) is 0. The minimum atomic E-state index is -0.361. The lowest BCUT2D eigenvalue weighted by atomic mass is 10.0. The molecular weight excluding hydrogens is 254 g/mol. The molecule has 98 valence electrons. The predicted molar refractivity (Wildman–Crippen MR) is 75.7 cm³/mol. The van der Waals surface area contributed by atoms with E-state index in [0.29, 0.717) is 5.56 Å². The third kappa shape index (κ3) is 2.16. The van der Waals surface area contributed by atoms with Gasteiger partial charge in [0.05, 0.1) is 16.8 Å². The molecule has 0 aliphatic carbocycles. The molecule has 0 unspecified atom stereocenters. The Balaban J connectivity index is 2.19. The van der Waals surface area contributed by atoms with E-state index in [4.69, 9.17) is 0 Å². The smallest absolute Gasteiger partial charge is 0.277 e. The third-order valence-corrected chi connectivity index (χ3v) is 3.06. The average Bonchev–Trinajstić information content (AvgIpc) is 3.02. The summed E-state index contributed by atoms with van der Waals surface area (Å²) in [6.07, 6.45) is 5.13. The molecule has 0 saturated heterocycles. The largest absolute Gasteiger partial charge is 0.306 e. The Morgan fingerprint density at radius 1 is 1.10 bits per heavy atom. The van der Waals surface area contributed by atoms with Crippen LogP contribution in [-0.4, -0.2) is 14.5 Å². The van der Waals surface area contributed by atoms with E-state index >= 15 is 0 Å². The topological polar surface area (TPSA) is 61.0 Å². The van der Waals surface area contributed by atoms with E-state index in [1.165, 1.54) is 6.07 Å². The molecule has 0 fully saturated rings. The van der Waals surface area contributed by atoms with Crippen molar-refractivity contribution in [1.82, 2.24) is 9.55 Å². The number of imidazole rings is 1. The molecule has 0 aliphatic heterocycles. The fourth-order valence-corrected chi connectivity index (χ4v) is 2.10. The Morgan fingerprint density at radius 3 is 2.55 bits per heavy atom. The van der Waals surface area contributed by atoms with Gasteiger partial charge in [0.15, 0.2) is 0 Å². The second-order valence-electron chi connectivity index (χ2n) is 4.29. The van der Waals surface area contributed by atoms with Gasteiger partial charge in [0.2, 0.25) is 0 Å². The number of rotatable bonds is 3. The molecule has 20 heavy (non-hydrogen) atoms. The number of hydrogen-bond donors (Lipinski definition) is 0. The van der Waals surface area contributed by atoms with Crippen LogP contribution < -0.4 is 0 Å². The van der Waals surface area contributed by atoms with Gasteiger partial charge in [-0.1, -0.05) is 30.3 Å². The van der Waals surface area contributed by atoms with Gasteiger partial charge < -0.3 is 4.57 Å². The Bertz CT molecular complexity index is 737. The minimum Gasteiger partial charge on any atom is -0.306 e. The van der Waals surface area contributed by atoms with Gasteiger partial charge in [-0.05, 0) is 17.7 Å². The van der Waals surface area contributed by atoms with E-state index in [-0.39, 0.29) is 10.6 Å². The molecule has 1 heterocycles. The summed E-state index contributed by atoms with van der Waals surface area (Å²) in [5.41, 5.74) is 2.36. The van der Waals surface area contributed by atoms with Crippen LogP contribution in [0.1, 0.15) is 0 Å². The van der Waals surface area contributed by atoms with E-state index in [2.05, 4.69) is 4.98 Å². The summed E-state index contributed by atoms with van der Waals surface area (Å²) in [5.74, 6) is 0. The molecule has 0 bridgehead atoms. The fourth-order valence-electron chi connectivity index (χ4n) is 2.10. The summed E-state index contributed by atoms with van der Waals surface area (Å²) in [5, 5.41) is 11.2. The molecule has 0 N–H and O–H groups in total. The fraction of sp³-hybridized carbons (Fsp3) is 0. The summed E-state index contributed by atoms with van der Waals surface area (Å²) in [7, 11) is 0. The lowest BCUT2D eigenvalue weighted by Crippen LogP contribution is -1.96. The number of aromatic nitrogens is 2. The first-order chi connectivity index (χ1) is 9.75. The first-order valence-electron chi connectivity index (χ1n) is 6.08. The molecule has 5 heteroatoms. The van der Waals surface area contributed by atoms with Crippen LogP contribution >= 0.6 is 0 Å². The maximum absolute atomic E-state index is 11.2. The highest BCUT2D eigenvalue weighted by atomic mass is 16.6. The van der Waals surface area contributed by atoms with Gasteiger partial charge in [-0.3, -0.25) is 10.1 Å². The third-order valence-electron chi connectivity index (χ3n) is 3.06. The summed E-state index contributed by atoms with van der Waals surface area (Å²) in [4.78, 5) is 14.8. The van der Waals surface area contributed by atoms with Gasteiger partial charge in [0.1, 0.15) is 0 Å². The lowest BCUT2D eigenvalue weighted by molar-refractivity contribution is -0.384. The van der Waals surface area contributed by atoms with Crippen LogP contribution in [0.4, 0.5) is 5.69 Å². The molecule has 0 amide bonds. The van der Waals surface area contributed by atoms with Crippen LogP contribution in [0.5, 0.6) is 0 Å². The molecule has 0 spiro atoms. The molecule has 3 aromatic rings. The Kier molecular flexibility index (Phi) is 3.01. The molecule has 0 atom stereocenters. The Hall–Kier alpha value is -2.95. The molecule has 3 rings (SSSR count). The van der Waals surface area contributed by atoms with Gasteiger partial charge in [-0.15, -0.1) is 0 Å². The molecule has 0 radical (unpaired) electrons. The maximum atomic E-state index is 11.2. The van der Waals surface area contributed by atoms with E-state index in [1.54, 1.807) is 30.9 Å². The first kappa shape index (κ1) is 12.1. The zero-order chi connectivity index (χ0) is 13.9. The van der Waals surface area contributed by atoms with Crippen molar-refractivity contribution in [3.05, 3.63) is 77.4 Å². The predicted octanol–water partition coefficient (Wildman–Crippen LogP) is 3.45. The number of nitrogens with zero attached hydrogens (tertiary/aromatic N) is 3. The van der Waals surface area contributed by atoms with Crippen molar-refractivity contribution >= 4 is 5.69 Å². The number of benzene rings is 2. The van der Waals surface area contributed by atoms with E-state index in [0.717, 1.165) is 11.3 Å². The van der Waals surface area contributed by atoms with Crippen molar-refractivity contribution in [3.8, 4) is 16.8 Å². The van der Waals surface area contributed by atoms with Crippen molar-refractivity contribution in [1.29, 1.82) is 0 Å². The quantitative estimate of drug-likeness (QED) is 0.538. The number of hydrogen-bond acceptors (Lipinski definition) is 3. The maximum Gasteiger partial charge on any atom is 0.277 e. The minimum absolute atomic E-state index is 0.0973. The molecule has 0 saturated carbocycles. The molecule has 1 aromatic heterocycles. The van der Waals surface area contributed by atoms with Gasteiger partial charge in [0.25, 0.3) is 5.69 Å². The normalized spacial score (nSPS) is 10.4. The van der Waals surface area contributed by atoms with Crippen LogP contribution in [0.15, 0.2) is 67.3 Å². The number of nitro benzene ring substituents is 1. The second kappa shape index (κ2) is 4.97. The summed E-state index contributed by atoms with van der Waals surface area (Å²) in [6, 6.07) is 14.4. The zero-order valence-electron chi connectivity index (χ0n) is 10.5.